The minimum absolute atomic E-state index is 0.0460. The van der Waals surface area contributed by atoms with Crippen LogP contribution >= 0.6 is 12.2 Å². The fourth-order valence-electron chi connectivity index (χ4n) is 3.10. The number of ketones is 1. The number of Topliss-reactive ketones (excluding diaryl/α,β-unsaturated/α-hetero) is 1. The molecule has 28 heavy (non-hydrogen) atoms. The van der Waals surface area contributed by atoms with Gasteiger partial charge in [0.1, 0.15) is 11.8 Å². The molecule has 154 valence electrons. The van der Waals surface area contributed by atoms with E-state index in [1.807, 2.05) is 0 Å². The van der Waals surface area contributed by atoms with Crippen LogP contribution < -0.4 is 0 Å². The summed E-state index contributed by atoms with van der Waals surface area (Å²) in [6, 6.07) is 2.80. The molecule has 6 nitrogen and oxygen atoms in total. The summed E-state index contributed by atoms with van der Waals surface area (Å²) in [5, 5.41) is -1.31. The lowest BCUT2D eigenvalue weighted by atomic mass is 10.2. The summed E-state index contributed by atoms with van der Waals surface area (Å²) >= 11 is 5.13. The first-order valence-electron chi connectivity index (χ1n) is 8.16. The molecule has 0 aliphatic carbocycles. The van der Waals surface area contributed by atoms with E-state index in [0.29, 0.717) is 6.07 Å². The topological polar surface area (TPSA) is 80.8 Å². The van der Waals surface area contributed by atoms with E-state index in [-0.39, 0.29) is 30.2 Å². The van der Waals surface area contributed by atoms with Gasteiger partial charge in [-0.15, -0.1) is 0 Å². The Hall–Kier alpha value is -2.01. The highest BCUT2D eigenvalue weighted by Gasteiger charge is 2.47. The van der Waals surface area contributed by atoms with Crippen molar-refractivity contribution in [2.75, 3.05) is 13.7 Å². The summed E-state index contributed by atoms with van der Waals surface area (Å²) in [5.41, 5.74) is -1.27. The van der Waals surface area contributed by atoms with Gasteiger partial charge in [0.15, 0.2) is 9.84 Å². The molecule has 0 N–H and O–H groups in total. The van der Waals surface area contributed by atoms with Crippen molar-refractivity contribution >= 4 is 38.8 Å². The van der Waals surface area contributed by atoms with Gasteiger partial charge in [-0.1, -0.05) is 24.4 Å². The quantitative estimate of drug-likeness (QED) is 0.517. The fraction of sp³-hybridized carbons (Fsp3) is 0.471. The van der Waals surface area contributed by atoms with Gasteiger partial charge in [-0.25, -0.2) is 13.2 Å². The van der Waals surface area contributed by atoms with Crippen molar-refractivity contribution in [2.45, 2.75) is 42.1 Å². The number of ether oxygens (including phenoxy) is 1. The first-order chi connectivity index (χ1) is 12.9. The monoisotopic (exact) mass is 437 g/mol. The van der Waals surface area contributed by atoms with Crippen molar-refractivity contribution in [2.24, 2.45) is 0 Å². The Morgan fingerprint density at radius 3 is 2.43 bits per heavy atom. The van der Waals surface area contributed by atoms with Crippen LogP contribution in [0.1, 0.15) is 25.3 Å². The average molecular weight is 437 g/mol. The fourth-order valence-corrected chi connectivity index (χ4v) is 5.42. The minimum Gasteiger partial charge on any atom is -0.467 e. The van der Waals surface area contributed by atoms with E-state index in [1.54, 1.807) is 0 Å². The lowest BCUT2D eigenvalue weighted by molar-refractivity contribution is -0.144. The Labute approximate surface area is 165 Å². The Balaban J connectivity index is 2.44. The van der Waals surface area contributed by atoms with Crippen molar-refractivity contribution in [3.63, 3.8) is 0 Å². The molecule has 0 aromatic heterocycles. The Morgan fingerprint density at radius 1 is 1.29 bits per heavy atom. The average Bonchev–Trinajstić information content (AvgIpc) is 3.06. The molecule has 1 aromatic carbocycles. The second-order valence-electron chi connectivity index (χ2n) is 6.36. The Kier molecular flexibility index (Phi) is 6.49. The molecule has 1 aliphatic heterocycles. The number of thiocarbonyl (C=S) groups is 1. The normalized spacial score (nSPS) is 20.1. The highest BCUT2D eigenvalue weighted by atomic mass is 32.2. The zero-order chi connectivity index (χ0) is 21.3. The van der Waals surface area contributed by atoms with E-state index in [4.69, 9.17) is 12.2 Å². The van der Waals surface area contributed by atoms with Crippen LogP contribution in [0.5, 0.6) is 0 Å². The van der Waals surface area contributed by atoms with Crippen molar-refractivity contribution in [1.29, 1.82) is 0 Å². The molecule has 11 heteroatoms. The third-order valence-electron chi connectivity index (χ3n) is 4.39. The molecule has 0 spiro atoms. The third-order valence-corrected chi connectivity index (χ3v) is 6.96. The number of alkyl halides is 3. The van der Waals surface area contributed by atoms with Crippen LogP contribution in [0.25, 0.3) is 0 Å². The molecule has 0 saturated carbocycles. The Bertz CT molecular complexity index is 898. The molecule has 0 amide bonds. The van der Waals surface area contributed by atoms with Gasteiger partial charge in [0.25, 0.3) is 0 Å². The van der Waals surface area contributed by atoms with Gasteiger partial charge in [-0.3, -0.25) is 4.79 Å². The smallest absolute Gasteiger partial charge is 0.417 e. The number of carbonyl (C=O) groups is 2. The maximum absolute atomic E-state index is 13.3. The van der Waals surface area contributed by atoms with Gasteiger partial charge in [0.05, 0.1) is 34.2 Å². The predicted octanol–water partition coefficient (Wildman–Crippen LogP) is 2.40. The van der Waals surface area contributed by atoms with Gasteiger partial charge in [-0.05, 0) is 25.5 Å². The lowest BCUT2D eigenvalue weighted by Crippen LogP contribution is -2.41. The van der Waals surface area contributed by atoms with E-state index < -0.39 is 43.7 Å². The number of hydrogen-bond donors (Lipinski definition) is 0. The highest BCUT2D eigenvalue weighted by Crippen LogP contribution is 2.37. The molecule has 1 saturated heterocycles. The van der Waals surface area contributed by atoms with E-state index >= 15 is 0 Å². The number of rotatable bonds is 5. The van der Waals surface area contributed by atoms with E-state index in [2.05, 4.69) is 4.74 Å². The number of methoxy groups -OCH3 is 1. The molecule has 0 bridgehead atoms. The maximum Gasteiger partial charge on any atom is 0.417 e. The summed E-state index contributed by atoms with van der Waals surface area (Å²) in [5.74, 6) is -1.06. The standard InChI is InChI=1S/C17H18F3NO5S2/c1-10(22)7-15(27)21-9-11(8-13(21)16(23)26-2)28(24,25)14-6-4-3-5-12(14)17(18,19)20/h3-6,11,13H,7-9H2,1-2H3/t11-,13?/m1/s1. The number of benzene rings is 1. The van der Waals surface area contributed by atoms with Crippen molar-refractivity contribution in [3.8, 4) is 0 Å². The SMILES string of the molecule is COC(=O)C1C[C@@H](S(=O)(=O)c2ccccc2C(F)(F)F)CN1C(=S)CC(C)=O. The molecule has 0 radical (unpaired) electrons. The second kappa shape index (κ2) is 8.16. The number of nitrogens with zero attached hydrogens (tertiary/aromatic N) is 1. The van der Waals surface area contributed by atoms with Crippen LogP contribution in [0.2, 0.25) is 0 Å². The molecule has 1 aromatic rings. The van der Waals surface area contributed by atoms with Crippen molar-refractivity contribution in [1.82, 2.24) is 4.90 Å². The molecular formula is C17H18F3NO5S2. The number of halogens is 3. The van der Waals surface area contributed by atoms with Crippen LogP contribution in [0.3, 0.4) is 0 Å². The van der Waals surface area contributed by atoms with Crippen LogP contribution in [0.15, 0.2) is 29.2 Å². The Morgan fingerprint density at radius 2 is 1.89 bits per heavy atom. The van der Waals surface area contributed by atoms with Crippen LogP contribution in [0.4, 0.5) is 13.2 Å². The first-order valence-corrected chi connectivity index (χ1v) is 10.1. The summed E-state index contributed by atoms with van der Waals surface area (Å²) < 4.78 is 70.4. The molecule has 1 unspecified atom stereocenters. The van der Waals surface area contributed by atoms with E-state index in [9.17, 15) is 31.2 Å². The first kappa shape index (κ1) is 22.3. The van der Waals surface area contributed by atoms with Crippen LogP contribution in [-0.4, -0.2) is 55.0 Å². The second-order valence-corrected chi connectivity index (χ2v) is 9.03. The summed E-state index contributed by atoms with van der Waals surface area (Å²) in [6.45, 7) is 0.976. The van der Waals surface area contributed by atoms with Gasteiger partial charge in [0.2, 0.25) is 0 Å². The summed E-state index contributed by atoms with van der Waals surface area (Å²) in [4.78, 5) is 23.9. The molecule has 2 atom stereocenters. The summed E-state index contributed by atoms with van der Waals surface area (Å²) in [6.07, 6.45) is -5.33. The third kappa shape index (κ3) is 4.52. The largest absolute Gasteiger partial charge is 0.467 e. The lowest BCUT2D eigenvalue weighted by Gasteiger charge is -2.24. The summed E-state index contributed by atoms with van der Waals surface area (Å²) in [7, 11) is -3.33. The van der Waals surface area contributed by atoms with Gasteiger partial charge < -0.3 is 9.64 Å². The number of esters is 1. The van der Waals surface area contributed by atoms with E-state index in [1.165, 1.54) is 17.9 Å². The van der Waals surface area contributed by atoms with Gasteiger partial charge in [0, 0.05) is 6.54 Å². The molecule has 1 fully saturated rings. The highest BCUT2D eigenvalue weighted by molar-refractivity contribution is 7.92. The number of hydrogen-bond acceptors (Lipinski definition) is 6. The predicted molar refractivity (Wildman–Crippen MR) is 97.4 cm³/mol. The molecule has 1 aliphatic rings. The zero-order valence-electron chi connectivity index (χ0n) is 15.0. The van der Waals surface area contributed by atoms with Crippen molar-refractivity contribution < 1.29 is 35.9 Å². The molecule has 2 rings (SSSR count). The number of sulfone groups is 1. The van der Waals surface area contributed by atoms with E-state index in [0.717, 1.165) is 19.2 Å². The number of likely N-dealkylation sites (tertiary alicyclic amines) is 1. The van der Waals surface area contributed by atoms with Gasteiger partial charge >= 0.3 is 12.1 Å². The van der Waals surface area contributed by atoms with Crippen LogP contribution in [-0.2, 0) is 30.3 Å². The number of carbonyl (C=O) groups excluding carboxylic acids is 2. The van der Waals surface area contributed by atoms with Gasteiger partial charge in [-0.2, -0.15) is 13.2 Å². The van der Waals surface area contributed by atoms with Crippen LogP contribution in [0, 0.1) is 0 Å². The maximum atomic E-state index is 13.3. The molecular weight excluding hydrogens is 419 g/mol. The van der Waals surface area contributed by atoms with Crippen molar-refractivity contribution in [3.05, 3.63) is 29.8 Å². The zero-order valence-corrected chi connectivity index (χ0v) is 16.7. The molecule has 1 heterocycles. The minimum atomic E-state index is -4.85.